The predicted molar refractivity (Wildman–Crippen MR) is 122 cm³/mol. The first-order chi connectivity index (χ1) is 15.4. The lowest BCUT2D eigenvalue weighted by Gasteiger charge is -2.14. The SMILES string of the molecule is COc1cc(/C=C(\C#N)C(=O)Nc2ccc(O)cc2)cc(Br)c1OCc1ccc(F)cc1. The van der Waals surface area contributed by atoms with E-state index in [1.165, 1.54) is 49.6 Å². The average molecular weight is 497 g/mol. The number of anilines is 1. The van der Waals surface area contributed by atoms with Gasteiger partial charge in [-0.1, -0.05) is 12.1 Å². The molecule has 32 heavy (non-hydrogen) atoms. The molecule has 0 aliphatic heterocycles. The number of ether oxygens (including phenoxy) is 2. The Morgan fingerprint density at radius 1 is 1.19 bits per heavy atom. The molecule has 0 spiro atoms. The largest absolute Gasteiger partial charge is 0.508 e. The third-order valence-electron chi connectivity index (χ3n) is 4.35. The number of halogens is 2. The van der Waals surface area contributed by atoms with Crippen LogP contribution in [0.15, 0.2) is 70.7 Å². The van der Waals surface area contributed by atoms with Gasteiger partial charge in [0.15, 0.2) is 11.5 Å². The van der Waals surface area contributed by atoms with Crippen LogP contribution in [0.3, 0.4) is 0 Å². The van der Waals surface area contributed by atoms with Crippen LogP contribution in [0.5, 0.6) is 17.2 Å². The van der Waals surface area contributed by atoms with Crippen molar-refractivity contribution >= 4 is 33.6 Å². The maximum absolute atomic E-state index is 13.1. The Morgan fingerprint density at radius 3 is 2.50 bits per heavy atom. The Morgan fingerprint density at radius 2 is 1.88 bits per heavy atom. The number of phenolic OH excluding ortho intramolecular Hbond substituents is 1. The lowest BCUT2D eigenvalue weighted by Crippen LogP contribution is -2.13. The van der Waals surface area contributed by atoms with Crippen molar-refractivity contribution in [1.82, 2.24) is 0 Å². The minimum Gasteiger partial charge on any atom is -0.508 e. The molecule has 0 heterocycles. The van der Waals surface area contributed by atoms with Crippen molar-refractivity contribution in [1.29, 1.82) is 5.26 Å². The summed E-state index contributed by atoms with van der Waals surface area (Å²) in [4.78, 5) is 12.5. The van der Waals surface area contributed by atoms with E-state index in [2.05, 4.69) is 21.2 Å². The number of rotatable bonds is 7. The number of carbonyl (C=O) groups excluding carboxylic acids is 1. The molecule has 0 saturated carbocycles. The zero-order valence-corrected chi connectivity index (χ0v) is 18.5. The van der Waals surface area contributed by atoms with E-state index in [1.54, 1.807) is 24.3 Å². The predicted octanol–water partition coefficient (Wildman–Crippen LogP) is 5.43. The third kappa shape index (κ3) is 5.86. The van der Waals surface area contributed by atoms with E-state index in [0.29, 0.717) is 27.2 Å². The fraction of sp³-hybridized carbons (Fsp3) is 0.0833. The molecule has 0 bridgehead atoms. The molecule has 1 amide bonds. The standard InChI is InChI=1S/C24H18BrFN2O4/c1-31-22-12-16(10-17(13-27)24(30)28-19-6-8-20(29)9-7-19)11-21(25)23(22)32-14-15-2-4-18(26)5-3-15/h2-12,29H,14H2,1H3,(H,28,30)/b17-10+. The number of phenols is 1. The van der Waals surface area contributed by atoms with Crippen molar-refractivity contribution in [3.8, 4) is 23.3 Å². The summed E-state index contributed by atoms with van der Waals surface area (Å²) in [7, 11) is 1.47. The summed E-state index contributed by atoms with van der Waals surface area (Å²) < 4.78 is 24.9. The highest BCUT2D eigenvalue weighted by atomic mass is 79.9. The summed E-state index contributed by atoms with van der Waals surface area (Å²) in [6.45, 7) is 0.197. The number of carbonyl (C=O) groups is 1. The van der Waals surface area contributed by atoms with Crippen molar-refractivity contribution in [3.05, 3.63) is 87.7 Å². The summed E-state index contributed by atoms with van der Waals surface area (Å²) >= 11 is 3.43. The molecule has 0 aliphatic rings. The van der Waals surface area contributed by atoms with Gasteiger partial charge in [0.05, 0.1) is 11.6 Å². The normalized spacial score (nSPS) is 10.9. The molecule has 0 unspecified atom stereocenters. The Balaban J connectivity index is 1.80. The molecule has 0 fully saturated rings. The summed E-state index contributed by atoms with van der Waals surface area (Å²) in [5.74, 6) is -0.0287. The topological polar surface area (TPSA) is 91.6 Å². The van der Waals surface area contributed by atoms with Gasteiger partial charge in [-0.05, 0) is 81.7 Å². The molecule has 162 valence electrons. The van der Waals surface area contributed by atoms with Crippen molar-refractivity contribution in [3.63, 3.8) is 0 Å². The summed E-state index contributed by atoms with van der Waals surface area (Å²) in [6.07, 6.45) is 1.42. The third-order valence-corrected chi connectivity index (χ3v) is 4.94. The molecule has 6 nitrogen and oxygen atoms in total. The number of hydrogen-bond acceptors (Lipinski definition) is 5. The zero-order valence-electron chi connectivity index (χ0n) is 16.9. The minimum absolute atomic E-state index is 0.0673. The van der Waals surface area contributed by atoms with Gasteiger partial charge in [-0.15, -0.1) is 0 Å². The molecule has 2 N–H and O–H groups in total. The van der Waals surface area contributed by atoms with Crippen molar-refractivity contribution in [2.45, 2.75) is 6.61 Å². The molecular weight excluding hydrogens is 479 g/mol. The van der Waals surface area contributed by atoms with Crippen LogP contribution in [-0.4, -0.2) is 18.1 Å². The van der Waals surface area contributed by atoms with Gasteiger partial charge in [-0.3, -0.25) is 4.79 Å². The minimum atomic E-state index is -0.593. The van der Waals surface area contributed by atoms with E-state index in [4.69, 9.17) is 9.47 Å². The highest BCUT2D eigenvalue weighted by Gasteiger charge is 2.14. The molecule has 3 rings (SSSR count). The molecule has 0 saturated heterocycles. The molecular formula is C24H18BrFN2O4. The molecule has 0 aliphatic carbocycles. The van der Waals surface area contributed by atoms with E-state index in [1.807, 2.05) is 6.07 Å². The smallest absolute Gasteiger partial charge is 0.266 e. The van der Waals surface area contributed by atoms with E-state index in [9.17, 15) is 19.6 Å². The molecule has 8 heteroatoms. The van der Waals surface area contributed by atoms with Crippen LogP contribution in [0.25, 0.3) is 6.08 Å². The van der Waals surface area contributed by atoms with Crippen LogP contribution in [-0.2, 0) is 11.4 Å². The van der Waals surface area contributed by atoms with Crippen molar-refractivity contribution in [2.75, 3.05) is 12.4 Å². The number of benzene rings is 3. The first-order valence-corrected chi connectivity index (χ1v) is 10.2. The maximum atomic E-state index is 13.1. The van der Waals surface area contributed by atoms with Crippen LogP contribution < -0.4 is 14.8 Å². The Bertz CT molecular complexity index is 1190. The second-order valence-electron chi connectivity index (χ2n) is 6.62. The van der Waals surface area contributed by atoms with Gasteiger partial charge in [0.2, 0.25) is 0 Å². The van der Waals surface area contributed by atoms with E-state index < -0.39 is 5.91 Å². The van der Waals surface area contributed by atoms with Gasteiger partial charge in [-0.2, -0.15) is 5.26 Å². The number of aromatic hydroxyl groups is 1. The van der Waals surface area contributed by atoms with E-state index in [-0.39, 0.29) is 23.7 Å². The van der Waals surface area contributed by atoms with E-state index >= 15 is 0 Å². The lowest BCUT2D eigenvalue weighted by molar-refractivity contribution is -0.112. The Kier molecular flexibility index (Phi) is 7.47. The van der Waals surface area contributed by atoms with Crippen LogP contribution in [0, 0.1) is 17.1 Å². The Hall–Kier alpha value is -3.83. The van der Waals surface area contributed by atoms with Gasteiger partial charge in [-0.25, -0.2) is 4.39 Å². The summed E-state index contributed by atoms with van der Waals surface area (Å²) in [6, 6.07) is 17.1. The highest BCUT2D eigenvalue weighted by Crippen LogP contribution is 2.37. The molecule has 0 aromatic heterocycles. The average Bonchev–Trinajstić information content (AvgIpc) is 2.79. The van der Waals surface area contributed by atoms with Gasteiger partial charge < -0.3 is 19.9 Å². The number of methoxy groups -OCH3 is 1. The van der Waals surface area contributed by atoms with Crippen LogP contribution >= 0.6 is 15.9 Å². The van der Waals surface area contributed by atoms with Gasteiger partial charge in [0.25, 0.3) is 5.91 Å². The monoisotopic (exact) mass is 496 g/mol. The molecule has 0 radical (unpaired) electrons. The number of nitriles is 1. The van der Waals surface area contributed by atoms with Crippen LogP contribution in [0.1, 0.15) is 11.1 Å². The lowest BCUT2D eigenvalue weighted by atomic mass is 10.1. The fourth-order valence-electron chi connectivity index (χ4n) is 2.76. The number of hydrogen-bond donors (Lipinski definition) is 2. The number of nitrogens with zero attached hydrogens (tertiary/aromatic N) is 1. The second-order valence-corrected chi connectivity index (χ2v) is 7.47. The van der Waals surface area contributed by atoms with Crippen LogP contribution in [0.2, 0.25) is 0 Å². The molecule has 0 atom stereocenters. The van der Waals surface area contributed by atoms with E-state index in [0.717, 1.165) is 5.56 Å². The maximum Gasteiger partial charge on any atom is 0.266 e. The summed E-state index contributed by atoms with van der Waals surface area (Å²) in [5.41, 5.74) is 1.64. The van der Waals surface area contributed by atoms with Crippen molar-refractivity contribution < 1.29 is 23.8 Å². The van der Waals surface area contributed by atoms with Gasteiger partial charge in [0, 0.05) is 5.69 Å². The second kappa shape index (κ2) is 10.5. The molecule has 3 aromatic rings. The van der Waals surface area contributed by atoms with Crippen LogP contribution in [0.4, 0.5) is 10.1 Å². The van der Waals surface area contributed by atoms with Crippen molar-refractivity contribution in [2.24, 2.45) is 0 Å². The summed E-state index contributed by atoms with van der Waals surface area (Å²) in [5, 5.41) is 21.4. The zero-order chi connectivity index (χ0) is 23.1. The van der Waals surface area contributed by atoms with Gasteiger partial charge >= 0.3 is 0 Å². The molecule has 3 aromatic carbocycles. The number of amides is 1. The number of nitrogens with one attached hydrogen (secondary N) is 1. The first-order valence-electron chi connectivity index (χ1n) is 9.36. The quantitative estimate of drug-likeness (QED) is 0.258. The highest BCUT2D eigenvalue weighted by molar-refractivity contribution is 9.10. The Labute approximate surface area is 192 Å². The van der Waals surface area contributed by atoms with Gasteiger partial charge in [0.1, 0.15) is 29.8 Å². The first kappa shape index (κ1) is 22.8. The fourth-order valence-corrected chi connectivity index (χ4v) is 3.33.